The van der Waals surface area contributed by atoms with Gasteiger partial charge in [-0.2, -0.15) is 0 Å². The third kappa shape index (κ3) is 5.17. The smallest absolute Gasteiger partial charge is 0.313 e. The van der Waals surface area contributed by atoms with Gasteiger partial charge >= 0.3 is 11.8 Å². The fourth-order valence-corrected chi connectivity index (χ4v) is 4.94. The van der Waals surface area contributed by atoms with E-state index in [9.17, 15) is 19.5 Å². The largest absolute Gasteiger partial charge is 0.497 e. The zero-order valence-corrected chi connectivity index (χ0v) is 20.5. The first kappa shape index (κ1) is 24.7. The van der Waals surface area contributed by atoms with Crippen LogP contribution in [0.25, 0.3) is 0 Å². The topological polar surface area (TPSA) is 108 Å². The molecule has 0 fully saturated rings. The van der Waals surface area contributed by atoms with Crippen molar-refractivity contribution in [1.82, 2.24) is 5.32 Å². The van der Waals surface area contributed by atoms with E-state index in [1.807, 2.05) is 32.0 Å². The molecule has 3 amide bonds. The molecule has 0 saturated carbocycles. The summed E-state index contributed by atoms with van der Waals surface area (Å²) in [7, 11) is 1.60. The number of hydrogen-bond donors (Lipinski definition) is 3. The molecular weight excluding hydrogens is 446 g/mol. The Morgan fingerprint density at radius 1 is 1.06 bits per heavy atom. The summed E-state index contributed by atoms with van der Waals surface area (Å²) in [5, 5.41) is 16.5. The fourth-order valence-electron chi connectivity index (χ4n) is 4.94. The maximum Gasteiger partial charge on any atom is 0.313 e. The Bertz CT molecular complexity index is 1150. The Morgan fingerprint density at radius 3 is 2.57 bits per heavy atom. The first-order chi connectivity index (χ1) is 16.7. The molecule has 8 nitrogen and oxygen atoms in total. The molecular formula is C27H33N3O5. The highest BCUT2D eigenvalue weighted by molar-refractivity contribution is 6.39. The molecule has 186 valence electrons. The van der Waals surface area contributed by atoms with Gasteiger partial charge in [-0.15, -0.1) is 0 Å². The van der Waals surface area contributed by atoms with Crippen LogP contribution in [0.4, 0.5) is 11.4 Å². The standard InChI is InChI=1S/C27H33N3O5/c1-17(2)26(33)30-13-5-7-18-8-9-20(15-23(18)30)29-25(32)24(31)28-16-27(34)12-4-6-19-14-21(35-3)10-11-22(19)27/h8-11,14-15,17,34H,4-7,12-13,16H2,1-3H3,(H,28,31)(H,29,32). The lowest BCUT2D eigenvalue weighted by atomic mass is 9.79. The van der Waals surface area contributed by atoms with Crippen molar-refractivity contribution in [3.8, 4) is 5.75 Å². The average Bonchev–Trinajstić information content (AvgIpc) is 2.86. The molecule has 1 unspecified atom stereocenters. The Balaban J connectivity index is 1.42. The first-order valence-corrected chi connectivity index (χ1v) is 12.1. The minimum Gasteiger partial charge on any atom is -0.497 e. The lowest BCUT2D eigenvalue weighted by Crippen LogP contribution is -2.46. The molecule has 3 N–H and O–H groups in total. The second-order valence-electron chi connectivity index (χ2n) is 9.64. The highest BCUT2D eigenvalue weighted by Crippen LogP contribution is 2.36. The molecule has 0 radical (unpaired) electrons. The quantitative estimate of drug-likeness (QED) is 0.572. The van der Waals surface area contributed by atoms with Gasteiger partial charge in [-0.3, -0.25) is 14.4 Å². The molecule has 2 aromatic rings. The number of fused-ring (bicyclic) bond motifs is 2. The highest BCUT2D eigenvalue weighted by atomic mass is 16.5. The molecule has 35 heavy (non-hydrogen) atoms. The normalized spacial score (nSPS) is 18.9. The van der Waals surface area contributed by atoms with Crippen LogP contribution >= 0.6 is 0 Å². The van der Waals surface area contributed by atoms with Gasteiger partial charge in [-0.05, 0) is 73.1 Å². The summed E-state index contributed by atoms with van der Waals surface area (Å²) in [4.78, 5) is 39.6. The van der Waals surface area contributed by atoms with E-state index in [1.54, 1.807) is 30.2 Å². The van der Waals surface area contributed by atoms with Crippen molar-refractivity contribution in [3.63, 3.8) is 0 Å². The Morgan fingerprint density at radius 2 is 1.83 bits per heavy atom. The number of aliphatic hydroxyl groups is 1. The van der Waals surface area contributed by atoms with Crippen LogP contribution in [0.5, 0.6) is 5.75 Å². The van der Waals surface area contributed by atoms with Gasteiger partial charge in [0.15, 0.2) is 0 Å². The van der Waals surface area contributed by atoms with Crippen LogP contribution in [-0.4, -0.2) is 43.0 Å². The van der Waals surface area contributed by atoms with Crippen molar-refractivity contribution >= 4 is 29.1 Å². The second-order valence-corrected chi connectivity index (χ2v) is 9.64. The number of anilines is 2. The van der Waals surface area contributed by atoms with Gasteiger partial charge in [0.05, 0.1) is 13.7 Å². The van der Waals surface area contributed by atoms with Crippen LogP contribution in [0.3, 0.4) is 0 Å². The number of carbonyl (C=O) groups is 3. The number of hydrogen-bond acceptors (Lipinski definition) is 5. The predicted octanol–water partition coefficient (Wildman–Crippen LogP) is 2.91. The molecule has 0 saturated heterocycles. The molecule has 0 aromatic heterocycles. The summed E-state index contributed by atoms with van der Waals surface area (Å²) in [5.74, 6) is -1.04. The van der Waals surface area contributed by atoms with Crippen LogP contribution in [0, 0.1) is 5.92 Å². The number of nitrogens with zero attached hydrogens (tertiary/aromatic N) is 1. The van der Waals surface area contributed by atoms with E-state index >= 15 is 0 Å². The summed E-state index contributed by atoms with van der Waals surface area (Å²) < 4.78 is 5.27. The van der Waals surface area contributed by atoms with E-state index in [4.69, 9.17) is 4.74 Å². The summed E-state index contributed by atoms with van der Waals surface area (Å²) in [6, 6.07) is 10.9. The fraction of sp³-hybridized carbons (Fsp3) is 0.444. The summed E-state index contributed by atoms with van der Waals surface area (Å²) in [5.41, 5.74) is 2.74. The lowest BCUT2D eigenvalue weighted by Gasteiger charge is -2.34. The summed E-state index contributed by atoms with van der Waals surface area (Å²) in [6.45, 7) is 4.29. The van der Waals surface area contributed by atoms with Crippen molar-refractivity contribution in [3.05, 3.63) is 53.1 Å². The van der Waals surface area contributed by atoms with Crippen LogP contribution in [0.1, 0.15) is 49.8 Å². The van der Waals surface area contributed by atoms with Gasteiger partial charge in [0.2, 0.25) is 5.91 Å². The Kier molecular flexibility index (Phi) is 7.12. The van der Waals surface area contributed by atoms with Gasteiger partial charge in [0.25, 0.3) is 0 Å². The Labute approximate surface area is 205 Å². The van der Waals surface area contributed by atoms with Gasteiger partial charge in [-0.25, -0.2) is 0 Å². The van der Waals surface area contributed by atoms with E-state index in [0.29, 0.717) is 18.7 Å². The maximum atomic E-state index is 12.6. The van der Waals surface area contributed by atoms with Crippen LogP contribution < -0.4 is 20.3 Å². The summed E-state index contributed by atoms with van der Waals surface area (Å²) in [6.07, 6.45) is 3.81. The average molecular weight is 480 g/mol. The van der Waals surface area contributed by atoms with Crippen molar-refractivity contribution in [2.45, 2.75) is 51.6 Å². The number of benzene rings is 2. The highest BCUT2D eigenvalue weighted by Gasteiger charge is 2.35. The van der Waals surface area contributed by atoms with Crippen molar-refractivity contribution in [2.24, 2.45) is 5.92 Å². The van der Waals surface area contributed by atoms with Gasteiger partial charge in [0, 0.05) is 23.8 Å². The predicted molar refractivity (Wildman–Crippen MR) is 133 cm³/mol. The molecule has 1 aliphatic heterocycles. The van der Waals surface area contributed by atoms with Gasteiger partial charge in [0.1, 0.15) is 11.4 Å². The van der Waals surface area contributed by atoms with E-state index in [2.05, 4.69) is 10.6 Å². The first-order valence-electron chi connectivity index (χ1n) is 12.1. The second kappa shape index (κ2) is 10.1. The molecule has 2 aromatic carbocycles. The molecule has 8 heteroatoms. The molecule has 1 atom stereocenters. The third-order valence-electron chi connectivity index (χ3n) is 6.82. The monoisotopic (exact) mass is 479 g/mol. The SMILES string of the molecule is COc1ccc2c(c1)CCCC2(O)CNC(=O)C(=O)Nc1ccc2c(c1)N(C(=O)C(C)C)CCC2. The van der Waals surface area contributed by atoms with Crippen molar-refractivity contribution in [1.29, 1.82) is 0 Å². The molecule has 1 heterocycles. The zero-order chi connectivity index (χ0) is 25.2. The Hall–Kier alpha value is -3.39. The maximum absolute atomic E-state index is 12.6. The van der Waals surface area contributed by atoms with E-state index in [-0.39, 0.29) is 18.4 Å². The molecule has 0 bridgehead atoms. The molecule has 2 aliphatic rings. The number of methoxy groups -OCH3 is 1. The number of carbonyl (C=O) groups excluding carboxylic acids is 3. The third-order valence-corrected chi connectivity index (χ3v) is 6.82. The number of amides is 3. The minimum atomic E-state index is -1.25. The van der Waals surface area contributed by atoms with Crippen LogP contribution in [0.15, 0.2) is 36.4 Å². The van der Waals surface area contributed by atoms with Crippen LogP contribution in [0.2, 0.25) is 0 Å². The van der Waals surface area contributed by atoms with E-state index < -0.39 is 17.4 Å². The van der Waals surface area contributed by atoms with Gasteiger partial charge < -0.3 is 25.4 Å². The number of nitrogens with one attached hydrogen (secondary N) is 2. The minimum absolute atomic E-state index is 0.0331. The lowest BCUT2D eigenvalue weighted by molar-refractivity contribution is -0.137. The van der Waals surface area contributed by atoms with Crippen molar-refractivity contribution in [2.75, 3.05) is 30.4 Å². The van der Waals surface area contributed by atoms with Gasteiger partial charge in [-0.1, -0.05) is 26.0 Å². The zero-order valence-electron chi connectivity index (χ0n) is 20.5. The molecule has 4 rings (SSSR count). The number of ether oxygens (including phenoxy) is 1. The van der Waals surface area contributed by atoms with E-state index in [1.165, 1.54) is 0 Å². The van der Waals surface area contributed by atoms with Crippen molar-refractivity contribution < 1.29 is 24.2 Å². The van der Waals surface area contributed by atoms with Crippen LogP contribution in [-0.2, 0) is 32.8 Å². The summed E-state index contributed by atoms with van der Waals surface area (Å²) >= 11 is 0. The molecule has 1 aliphatic carbocycles. The number of aryl methyl sites for hydroxylation is 2. The molecule has 0 spiro atoms. The van der Waals surface area contributed by atoms with E-state index in [0.717, 1.165) is 53.8 Å². The number of rotatable bonds is 5.